The average molecular weight is 548 g/mol. The Morgan fingerprint density at radius 2 is 2.00 bits per heavy atom. The third-order valence-electron chi connectivity index (χ3n) is 5.92. The smallest absolute Gasteiger partial charge is 0.342 e. The molecule has 1 aliphatic heterocycles. The number of rotatable bonds is 13. The number of hydrogen-bond acceptors (Lipinski definition) is 9. The summed E-state index contributed by atoms with van der Waals surface area (Å²) in [5.41, 5.74) is 2.77. The highest BCUT2D eigenvalue weighted by molar-refractivity contribution is 7.57. The Morgan fingerprint density at radius 1 is 1.29 bits per heavy atom. The quantitative estimate of drug-likeness (QED) is 0.208. The zero-order valence-corrected chi connectivity index (χ0v) is 23.1. The van der Waals surface area contributed by atoms with E-state index in [2.05, 4.69) is 5.09 Å². The lowest BCUT2D eigenvalue weighted by Gasteiger charge is -2.23. The number of carbonyl (C=O) groups is 2. The molecule has 2 atom stereocenters. The van der Waals surface area contributed by atoms with Crippen LogP contribution in [0.15, 0.2) is 42.0 Å². The topological polar surface area (TPSA) is 130 Å². The van der Waals surface area contributed by atoms with Crippen LogP contribution in [0.25, 0.3) is 0 Å². The fraction of sp³-hybridized carbons (Fsp3) is 0.407. The Labute approximate surface area is 222 Å². The molecule has 0 aromatic heterocycles. The summed E-state index contributed by atoms with van der Waals surface area (Å²) >= 11 is 0. The number of phenolic OH excluding ortho intramolecular Hbond substituents is 1. The third kappa shape index (κ3) is 6.95. The number of cyclic esters (lactones) is 1. The number of aromatic hydroxyl groups is 1. The number of carbonyl (C=O) groups excluding carboxylic acids is 2. The van der Waals surface area contributed by atoms with Crippen molar-refractivity contribution < 1.29 is 42.7 Å². The second-order valence-corrected chi connectivity index (χ2v) is 10.9. The maximum Gasteiger partial charge on any atom is 0.342 e. The van der Waals surface area contributed by atoms with Gasteiger partial charge in [-0.05, 0) is 51.8 Å². The van der Waals surface area contributed by atoms with E-state index in [0.29, 0.717) is 22.6 Å². The van der Waals surface area contributed by atoms with Gasteiger partial charge in [-0.1, -0.05) is 29.8 Å². The van der Waals surface area contributed by atoms with Crippen LogP contribution < -0.4 is 14.3 Å². The number of fused-ring (bicyclic) bond motifs is 1. The minimum atomic E-state index is -3.66. The molecule has 0 amide bonds. The van der Waals surface area contributed by atoms with E-state index in [4.69, 9.17) is 23.5 Å². The van der Waals surface area contributed by atoms with Crippen LogP contribution >= 0.6 is 7.52 Å². The van der Waals surface area contributed by atoms with Crippen LogP contribution in [0, 0.1) is 6.92 Å². The van der Waals surface area contributed by atoms with Gasteiger partial charge in [0.25, 0.3) is 0 Å². The molecule has 11 heteroatoms. The molecule has 206 valence electrons. The van der Waals surface area contributed by atoms with Gasteiger partial charge in [0.1, 0.15) is 41.8 Å². The van der Waals surface area contributed by atoms with Crippen molar-refractivity contribution in [2.45, 2.75) is 46.8 Å². The van der Waals surface area contributed by atoms with Gasteiger partial charge in [-0.3, -0.25) is 9.36 Å². The van der Waals surface area contributed by atoms with E-state index in [-0.39, 0.29) is 43.9 Å². The molecule has 1 aliphatic rings. The van der Waals surface area contributed by atoms with Crippen molar-refractivity contribution in [2.75, 3.05) is 26.7 Å². The van der Waals surface area contributed by atoms with Crippen LogP contribution in [0.5, 0.6) is 17.2 Å². The molecule has 0 aliphatic carbocycles. The van der Waals surface area contributed by atoms with E-state index in [1.807, 2.05) is 19.9 Å². The van der Waals surface area contributed by atoms with Crippen molar-refractivity contribution in [3.8, 4) is 17.2 Å². The summed E-state index contributed by atoms with van der Waals surface area (Å²) in [4.78, 5) is 24.2. The van der Waals surface area contributed by atoms with E-state index in [9.17, 15) is 19.3 Å². The molecule has 0 saturated heterocycles. The maximum absolute atomic E-state index is 13.6. The van der Waals surface area contributed by atoms with E-state index in [0.717, 1.165) is 11.1 Å². The maximum atomic E-state index is 13.6. The highest BCUT2D eigenvalue weighted by Crippen LogP contribution is 2.44. The molecule has 2 aromatic carbocycles. The second kappa shape index (κ2) is 13.0. The van der Waals surface area contributed by atoms with E-state index >= 15 is 0 Å². The number of esters is 2. The molecule has 0 radical (unpaired) electrons. The highest BCUT2D eigenvalue weighted by Gasteiger charge is 2.32. The first kappa shape index (κ1) is 29.2. The van der Waals surface area contributed by atoms with Crippen LogP contribution in [0.2, 0.25) is 0 Å². The van der Waals surface area contributed by atoms with Gasteiger partial charge in [-0.25, -0.2) is 9.88 Å². The number of ether oxygens (including phenoxy) is 4. The van der Waals surface area contributed by atoms with E-state index in [1.165, 1.54) is 7.11 Å². The lowest BCUT2D eigenvalue weighted by atomic mass is 9.95. The molecule has 0 bridgehead atoms. The highest BCUT2D eigenvalue weighted by atomic mass is 31.2. The lowest BCUT2D eigenvalue weighted by Crippen LogP contribution is -2.35. The zero-order valence-electron chi connectivity index (χ0n) is 22.2. The Morgan fingerprint density at radius 3 is 2.66 bits per heavy atom. The molecule has 38 heavy (non-hydrogen) atoms. The molecular formula is C27H34NO9P. The van der Waals surface area contributed by atoms with Gasteiger partial charge < -0.3 is 28.6 Å². The molecule has 3 rings (SSSR count). The van der Waals surface area contributed by atoms with Crippen molar-refractivity contribution in [3.05, 3.63) is 64.2 Å². The monoisotopic (exact) mass is 547 g/mol. The van der Waals surface area contributed by atoms with Gasteiger partial charge in [0, 0.05) is 11.1 Å². The first-order chi connectivity index (χ1) is 18.1. The molecule has 10 nitrogen and oxygen atoms in total. The molecule has 1 unspecified atom stereocenters. The predicted molar refractivity (Wildman–Crippen MR) is 141 cm³/mol. The fourth-order valence-electron chi connectivity index (χ4n) is 4.05. The molecule has 0 saturated carbocycles. The lowest BCUT2D eigenvalue weighted by molar-refractivity contribution is -0.144. The first-order valence-electron chi connectivity index (χ1n) is 12.2. The summed E-state index contributed by atoms with van der Waals surface area (Å²) in [5.74, 6) is -0.423. The summed E-state index contributed by atoms with van der Waals surface area (Å²) in [5, 5.41) is 13.5. The Hall–Kier alpha value is -3.33. The van der Waals surface area contributed by atoms with E-state index < -0.39 is 25.5 Å². The Balaban J connectivity index is 1.71. The van der Waals surface area contributed by atoms with Crippen LogP contribution in [0.1, 0.15) is 47.8 Å². The van der Waals surface area contributed by atoms with Gasteiger partial charge in [-0.2, -0.15) is 0 Å². The van der Waals surface area contributed by atoms with Crippen molar-refractivity contribution in [1.29, 1.82) is 0 Å². The molecule has 2 N–H and O–H groups in total. The average Bonchev–Trinajstić information content (AvgIpc) is 3.27. The van der Waals surface area contributed by atoms with Gasteiger partial charge in [0.15, 0.2) is 0 Å². The van der Waals surface area contributed by atoms with E-state index in [1.54, 1.807) is 44.2 Å². The van der Waals surface area contributed by atoms with Crippen LogP contribution in [0.4, 0.5) is 0 Å². The van der Waals surface area contributed by atoms with Crippen molar-refractivity contribution in [1.82, 2.24) is 5.09 Å². The van der Waals surface area contributed by atoms with Crippen LogP contribution in [-0.2, 0) is 36.6 Å². The number of methoxy groups -OCH3 is 1. The number of allylic oxidation sites excluding steroid dienone is 1. The summed E-state index contributed by atoms with van der Waals surface area (Å²) in [6.07, 6.45) is 1.78. The summed E-state index contributed by atoms with van der Waals surface area (Å²) in [6, 6.07) is 7.72. The minimum absolute atomic E-state index is 0.0981. The molecular weight excluding hydrogens is 513 g/mol. The molecule has 0 spiro atoms. The third-order valence-corrected chi connectivity index (χ3v) is 7.73. The van der Waals surface area contributed by atoms with Crippen molar-refractivity contribution >= 4 is 19.5 Å². The second-order valence-electron chi connectivity index (χ2n) is 8.83. The van der Waals surface area contributed by atoms with Gasteiger partial charge in [0.2, 0.25) is 0 Å². The first-order valence-corrected chi connectivity index (χ1v) is 14.0. The molecule has 1 heterocycles. The van der Waals surface area contributed by atoms with Crippen LogP contribution in [0.3, 0.4) is 0 Å². The molecule has 0 fully saturated rings. The van der Waals surface area contributed by atoms with Crippen LogP contribution in [-0.4, -0.2) is 49.8 Å². The zero-order chi connectivity index (χ0) is 27.9. The largest absolute Gasteiger partial charge is 0.507 e. The minimum Gasteiger partial charge on any atom is -0.507 e. The number of para-hydroxylation sites is 1. The normalized spacial score (nSPS) is 15.3. The summed E-state index contributed by atoms with van der Waals surface area (Å²) in [6.45, 7) is 7.26. The van der Waals surface area contributed by atoms with Crippen molar-refractivity contribution in [2.24, 2.45) is 0 Å². The summed E-state index contributed by atoms with van der Waals surface area (Å²) in [7, 11) is -2.16. The number of benzene rings is 2. The SMILES string of the molecule is CCOC(=O)[C@H](C)NP(=O)(COC/C(C)=C/Cc1c(O)c2c(c(C)c1OC)COC2=O)Oc1ccccc1. The van der Waals surface area contributed by atoms with Crippen molar-refractivity contribution in [3.63, 3.8) is 0 Å². The van der Waals surface area contributed by atoms with Gasteiger partial charge >= 0.3 is 19.5 Å². The Kier molecular flexibility index (Phi) is 9.96. The summed E-state index contributed by atoms with van der Waals surface area (Å²) < 4.78 is 40.6. The molecule has 2 aromatic rings. The standard InChI is InChI=1S/C27H34NO9P/c1-6-35-26(30)19(4)28-38(32,37-20-10-8-7-9-11-20)16-34-14-17(2)12-13-21-24(29)23-22(15-36-27(23)31)18(3)25(21)33-5/h7-12,19,29H,6,13-16H2,1-5H3,(H,28,32)/b17-12+/t19-,38?/m0/s1. The number of hydrogen-bond donors (Lipinski definition) is 2. The number of nitrogens with one attached hydrogen (secondary N) is 1. The fourth-order valence-corrected chi connectivity index (χ4v) is 5.72. The predicted octanol–water partition coefficient (Wildman–Crippen LogP) is 4.66. The van der Waals surface area contributed by atoms with Gasteiger partial charge in [-0.15, -0.1) is 0 Å². The Bertz CT molecular complexity index is 1240. The number of phenols is 1. The van der Waals surface area contributed by atoms with Gasteiger partial charge in [0.05, 0.1) is 20.3 Å².